The largest absolute Gasteiger partial charge is 0.482 e. The van der Waals surface area contributed by atoms with Crippen LogP contribution in [0.4, 0.5) is 0 Å². The zero-order valence-corrected chi connectivity index (χ0v) is 13.4. The van der Waals surface area contributed by atoms with Crippen molar-refractivity contribution in [1.82, 2.24) is 15.0 Å². The number of nitrogens with zero attached hydrogens (tertiary/aromatic N) is 3. The molecule has 1 aliphatic rings. The van der Waals surface area contributed by atoms with E-state index in [0.717, 1.165) is 31.2 Å². The Hall–Kier alpha value is -2.12. The first-order valence-electron chi connectivity index (χ1n) is 6.82. The highest BCUT2D eigenvalue weighted by molar-refractivity contribution is 7.24. The number of ether oxygens (including phenoxy) is 1. The van der Waals surface area contributed by atoms with Gasteiger partial charge in [-0.15, -0.1) is 11.3 Å². The molecule has 0 fully saturated rings. The van der Waals surface area contributed by atoms with Gasteiger partial charge in [0.05, 0.1) is 22.9 Å². The molecule has 0 unspecified atom stereocenters. The number of fused-ring (bicyclic) bond motifs is 1. The molecule has 0 bridgehead atoms. The van der Waals surface area contributed by atoms with Crippen molar-refractivity contribution in [3.05, 3.63) is 35.9 Å². The highest BCUT2D eigenvalue weighted by Gasteiger charge is 2.24. The molecule has 0 saturated heterocycles. The summed E-state index contributed by atoms with van der Waals surface area (Å²) >= 11 is 3.10. The molecule has 0 spiro atoms. The van der Waals surface area contributed by atoms with Crippen LogP contribution in [-0.4, -0.2) is 27.3 Å². The summed E-state index contributed by atoms with van der Waals surface area (Å²) < 4.78 is 5.62. The summed E-state index contributed by atoms with van der Waals surface area (Å²) in [5, 5.41) is 10.5. The Balaban J connectivity index is 1.78. The normalized spacial score (nSPS) is 13.8. The van der Waals surface area contributed by atoms with Crippen LogP contribution in [0.25, 0.3) is 20.5 Å². The zero-order chi connectivity index (χ0) is 15.1. The Morgan fingerprint density at radius 3 is 2.91 bits per heavy atom. The first-order chi connectivity index (χ1) is 10.7. The molecule has 0 saturated carbocycles. The lowest BCUT2D eigenvalue weighted by molar-refractivity contribution is 0.329. The molecule has 3 aromatic heterocycles. The van der Waals surface area contributed by atoms with E-state index in [9.17, 15) is 0 Å². The Morgan fingerprint density at radius 2 is 2.14 bits per heavy atom. The fraction of sp³-hybridized carbons (Fsp3) is 0.200. The van der Waals surface area contributed by atoms with Crippen molar-refractivity contribution in [2.75, 3.05) is 6.61 Å². The van der Waals surface area contributed by atoms with Gasteiger partial charge in [0.1, 0.15) is 15.7 Å². The molecule has 110 valence electrons. The maximum atomic E-state index is 7.98. The first kappa shape index (κ1) is 13.5. The van der Waals surface area contributed by atoms with Crippen LogP contribution in [0.1, 0.15) is 17.8 Å². The molecule has 4 rings (SSSR count). The molecule has 22 heavy (non-hydrogen) atoms. The SMILES string of the molecule is Cc1nc(-c2cccnc2)sc1-c1nc2c(s1)OCCC2=N. The summed E-state index contributed by atoms with van der Waals surface area (Å²) in [4.78, 5) is 14.4. The minimum atomic E-state index is 0.554. The van der Waals surface area contributed by atoms with Gasteiger partial charge in [0.25, 0.3) is 0 Å². The van der Waals surface area contributed by atoms with Crippen LogP contribution in [0, 0.1) is 12.3 Å². The van der Waals surface area contributed by atoms with Crippen LogP contribution in [0.2, 0.25) is 0 Å². The Bertz CT molecular complexity index is 854. The van der Waals surface area contributed by atoms with Crippen LogP contribution in [0.5, 0.6) is 5.06 Å². The highest BCUT2D eigenvalue weighted by Crippen LogP contribution is 2.41. The minimum absolute atomic E-state index is 0.554. The Labute approximate surface area is 135 Å². The maximum Gasteiger partial charge on any atom is 0.204 e. The molecular weight excluding hydrogens is 316 g/mol. The van der Waals surface area contributed by atoms with Crippen LogP contribution >= 0.6 is 22.7 Å². The monoisotopic (exact) mass is 328 g/mol. The molecule has 0 aliphatic carbocycles. The van der Waals surface area contributed by atoms with Gasteiger partial charge >= 0.3 is 0 Å². The van der Waals surface area contributed by atoms with Crippen molar-refractivity contribution in [2.45, 2.75) is 13.3 Å². The van der Waals surface area contributed by atoms with Gasteiger partial charge in [-0.1, -0.05) is 11.3 Å². The number of nitrogens with one attached hydrogen (secondary N) is 1. The summed E-state index contributed by atoms with van der Waals surface area (Å²) in [6.45, 7) is 2.55. The van der Waals surface area contributed by atoms with Gasteiger partial charge in [0, 0.05) is 24.4 Å². The van der Waals surface area contributed by atoms with Gasteiger partial charge in [-0.3, -0.25) is 4.98 Å². The van der Waals surface area contributed by atoms with Crippen molar-refractivity contribution in [3.63, 3.8) is 0 Å². The third kappa shape index (κ3) is 2.22. The average molecular weight is 328 g/mol. The van der Waals surface area contributed by atoms with Crippen molar-refractivity contribution in [1.29, 1.82) is 5.41 Å². The molecule has 4 heterocycles. The van der Waals surface area contributed by atoms with Gasteiger partial charge in [0.2, 0.25) is 5.06 Å². The topological polar surface area (TPSA) is 71.8 Å². The second-order valence-corrected chi connectivity index (χ2v) is 6.87. The van der Waals surface area contributed by atoms with Gasteiger partial charge in [0.15, 0.2) is 0 Å². The second kappa shape index (κ2) is 5.26. The summed E-state index contributed by atoms with van der Waals surface area (Å²) in [6, 6.07) is 3.91. The molecule has 3 aromatic rings. The van der Waals surface area contributed by atoms with Gasteiger partial charge < -0.3 is 10.1 Å². The summed E-state index contributed by atoms with van der Waals surface area (Å²) in [7, 11) is 0. The molecule has 1 N–H and O–H groups in total. The molecule has 0 radical (unpaired) electrons. The lowest BCUT2D eigenvalue weighted by Crippen LogP contribution is -2.14. The fourth-order valence-corrected chi connectivity index (χ4v) is 4.42. The van der Waals surface area contributed by atoms with E-state index >= 15 is 0 Å². The van der Waals surface area contributed by atoms with E-state index in [1.54, 1.807) is 17.5 Å². The predicted molar refractivity (Wildman–Crippen MR) is 88.1 cm³/mol. The lowest BCUT2D eigenvalue weighted by atomic mass is 10.2. The average Bonchev–Trinajstić information content (AvgIpc) is 3.12. The quantitative estimate of drug-likeness (QED) is 0.777. The van der Waals surface area contributed by atoms with E-state index in [2.05, 4.69) is 15.0 Å². The van der Waals surface area contributed by atoms with Gasteiger partial charge in [-0.2, -0.15) is 0 Å². The molecular formula is C15H12N4OS2. The maximum absolute atomic E-state index is 7.98. The van der Waals surface area contributed by atoms with E-state index in [-0.39, 0.29) is 0 Å². The standard InChI is InChI=1S/C15H12N4OS2/c1-8-12(21-13(18-8)9-3-2-5-17-7-9)14-19-11-10(16)4-6-20-15(11)22-14/h2-3,5,7,16H,4,6H2,1H3. The second-order valence-electron chi connectivity index (χ2n) is 4.91. The number of thiazole rings is 2. The van der Waals surface area contributed by atoms with E-state index in [1.165, 1.54) is 11.3 Å². The Kier molecular flexibility index (Phi) is 3.24. The van der Waals surface area contributed by atoms with E-state index in [1.807, 2.05) is 25.3 Å². The fourth-order valence-electron chi connectivity index (χ4n) is 2.26. The van der Waals surface area contributed by atoms with E-state index < -0.39 is 0 Å². The van der Waals surface area contributed by atoms with Crippen molar-refractivity contribution >= 4 is 28.4 Å². The van der Waals surface area contributed by atoms with Crippen LogP contribution in [0.15, 0.2) is 24.5 Å². The van der Waals surface area contributed by atoms with Crippen LogP contribution in [-0.2, 0) is 0 Å². The van der Waals surface area contributed by atoms with E-state index in [4.69, 9.17) is 10.1 Å². The summed E-state index contributed by atoms with van der Waals surface area (Å²) in [5.74, 6) is 0. The molecule has 7 heteroatoms. The third-order valence-corrected chi connectivity index (χ3v) is 5.69. The minimum Gasteiger partial charge on any atom is -0.482 e. The Morgan fingerprint density at radius 1 is 1.23 bits per heavy atom. The summed E-state index contributed by atoms with van der Waals surface area (Å²) in [5.41, 5.74) is 3.19. The lowest BCUT2D eigenvalue weighted by Gasteiger charge is -2.11. The number of rotatable bonds is 2. The number of hydrogen-bond donors (Lipinski definition) is 1. The highest BCUT2D eigenvalue weighted by atomic mass is 32.1. The van der Waals surface area contributed by atoms with Crippen LogP contribution < -0.4 is 4.74 Å². The van der Waals surface area contributed by atoms with Gasteiger partial charge in [-0.25, -0.2) is 9.97 Å². The van der Waals surface area contributed by atoms with Crippen molar-refractivity contribution in [3.8, 4) is 25.5 Å². The summed E-state index contributed by atoms with van der Waals surface area (Å²) in [6.07, 6.45) is 4.19. The van der Waals surface area contributed by atoms with Crippen molar-refractivity contribution in [2.24, 2.45) is 0 Å². The molecule has 0 amide bonds. The first-order valence-corrected chi connectivity index (χ1v) is 8.45. The van der Waals surface area contributed by atoms with E-state index in [0.29, 0.717) is 24.4 Å². The zero-order valence-electron chi connectivity index (χ0n) is 11.8. The van der Waals surface area contributed by atoms with Crippen LogP contribution in [0.3, 0.4) is 0 Å². The van der Waals surface area contributed by atoms with Gasteiger partial charge in [-0.05, 0) is 19.1 Å². The number of pyridine rings is 1. The number of hydrogen-bond acceptors (Lipinski definition) is 7. The molecule has 1 aliphatic heterocycles. The third-order valence-electron chi connectivity index (χ3n) is 3.37. The smallest absolute Gasteiger partial charge is 0.204 e. The van der Waals surface area contributed by atoms with Crippen molar-refractivity contribution < 1.29 is 4.74 Å². The molecule has 5 nitrogen and oxygen atoms in total. The number of aromatic nitrogens is 3. The number of aryl methyl sites for hydroxylation is 1. The predicted octanol–water partition coefficient (Wildman–Crippen LogP) is 3.79. The molecule has 0 aromatic carbocycles. The molecule has 0 atom stereocenters.